The van der Waals surface area contributed by atoms with Gasteiger partial charge in [0, 0.05) is 18.0 Å². The van der Waals surface area contributed by atoms with Gasteiger partial charge in [-0.2, -0.15) is 0 Å². The maximum absolute atomic E-state index is 3.55. The van der Waals surface area contributed by atoms with Crippen LogP contribution in [0.3, 0.4) is 0 Å². The number of aryl methyl sites for hydroxylation is 1. The van der Waals surface area contributed by atoms with Crippen LogP contribution in [-0.4, -0.2) is 13.6 Å². The fourth-order valence-corrected chi connectivity index (χ4v) is 3.01. The molecule has 19 heavy (non-hydrogen) atoms. The van der Waals surface area contributed by atoms with E-state index in [-0.39, 0.29) is 0 Å². The number of rotatable bonds is 7. The zero-order chi connectivity index (χ0) is 13.5. The Hall–Kier alpha value is -1.16. The minimum absolute atomic E-state index is 0.942. The van der Waals surface area contributed by atoms with E-state index in [1.165, 1.54) is 21.6 Å². The summed E-state index contributed by atoms with van der Waals surface area (Å²) in [6.07, 6.45) is 1.09. The molecule has 3 heteroatoms. The second-order valence-electron chi connectivity index (χ2n) is 4.75. The Kier molecular flexibility index (Phi) is 5.58. The first kappa shape index (κ1) is 14.3. The van der Waals surface area contributed by atoms with Crippen molar-refractivity contribution in [2.24, 2.45) is 0 Å². The van der Waals surface area contributed by atoms with Crippen molar-refractivity contribution in [1.82, 2.24) is 10.6 Å². The molecule has 0 saturated heterocycles. The summed E-state index contributed by atoms with van der Waals surface area (Å²) in [5, 5.41) is 8.92. The molecule has 102 valence electrons. The maximum atomic E-state index is 3.55. The number of hydrogen-bond acceptors (Lipinski definition) is 3. The van der Waals surface area contributed by atoms with Crippen molar-refractivity contribution in [2.45, 2.75) is 26.4 Å². The lowest BCUT2D eigenvalue weighted by atomic mass is 10.0. The molecule has 0 atom stereocenters. The molecule has 0 fully saturated rings. The van der Waals surface area contributed by atoms with Crippen LogP contribution in [0.2, 0.25) is 0 Å². The van der Waals surface area contributed by atoms with Gasteiger partial charge in [0.1, 0.15) is 0 Å². The molecule has 0 aliphatic rings. The molecule has 0 radical (unpaired) electrons. The lowest BCUT2D eigenvalue weighted by molar-refractivity contribution is 0.688. The molecule has 0 aliphatic carbocycles. The van der Waals surface area contributed by atoms with Gasteiger partial charge in [-0.15, -0.1) is 11.3 Å². The number of thiophene rings is 1. The fraction of sp³-hybridized carbons (Fsp3) is 0.375. The van der Waals surface area contributed by atoms with E-state index in [0.717, 1.165) is 26.1 Å². The van der Waals surface area contributed by atoms with Gasteiger partial charge in [-0.05, 0) is 55.1 Å². The van der Waals surface area contributed by atoms with Crippen molar-refractivity contribution in [1.29, 1.82) is 0 Å². The van der Waals surface area contributed by atoms with Gasteiger partial charge in [0.2, 0.25) is 0 Å². The molecule has 1 heterocycles. The summed E-state index contributed by atoms with van der Waals surface area (Å²) >= 11 is 1.83. The zero-order valence-electron chi connectivity index (χ0n) is 11.7. The highest BCUT2D eigenvalue weighted by atomic mass is 32.1. The summed E-state index contributed by atoms with van der Waals surface area (Å²) in [5.74, 6) is 0. The van der Waals surface area contributed by atoms with Gasteiger partial charge >= 0.3 is 0 Å². The normalized spacial score (nSPS) is 10.8. The first-order valence-electron chi connectivity index (χ1n) is 6.76. The van der Waals surface area contributed by atoms with Crippen LogP contribution in [0.1, 0.15) is 21.6 Å². The third kappa shape index (κ3) is 4.16. The highest BCUT2D eigenvalue weighted by molar-refractivity contribution is 7.10. The molecule has 2 rings (SSSR count). The van der Waals surface area contributed by atoms with Crippen LogP contribution in [0.15, 0.2) is 35.7 Å². The van der Waals surface area contributed by atoms with E-state index in [9.17, 15) is 0 Å². The van der Waals surface area contributed by atoms with Crippen LogP contribution >= 0.6 is 11.3 Å². The second kappa shape index (κ2) is 7.43. The predicted molar refractivity (Wildman–Crippen MR) is 83.7 cm³/mol. The van der Waals surface area contributed by atoms with Crippen LogP contribution in [0.25, 0.3) is 0 Å². The van der Waals surface area contributed by atoms with Gasteiger partial charge in [-0.1, -0.05) is 24.3 Å². The quantitative estimate of drug-likeness (QED) is 0.810. The Morgan fingerprint density at radius 3 is 2.53 bits per heavy atom. The molecule has 2 N–H and O–H groups in total. The average molecular weight is 274 g/mol. The maximum Gasteiger partial charge on any atom is 0.0305 e. The van der Waals surface area contributed by atoms with Crippen molar-refractivity contribution in [3.8, 4) is 0 Å². The van der Waals surface area contributed by atoms with Crippen LogP contribution in [0.4, 0.5) is 0 Å². The average Bonchev–Trinajstić information content (AvgIpc) is 2.83. The molecular formula is C16H22N2S. The Morgan fingerprint density at radius 2 is 1.84 bits per heavy atom. The number of benzene rings is 1. The Labute approximate surface area is 119 Å². The molecule has 2 nitrogen and oxygen atoms in total. The number of nitrogens with one attached hydrogen (secondary N) is 2. The van der Waals surface area contributed by atoms with Crippen LogP contribution in [-0.2, 0) is 19.5 Å². The van der Waals surface area contributed by atoms with Gasteiger partial charge in [-0.25, -0.2) is 0 Å². The van der Waals surface area contributed by atoms with Crippen LogP contribution < -0.4 is 10.6 Å². The van der Waals surface area contributed by atoms with Crippen LogP contribution in [0.5, 0.6) is 0 Å². The molecular weight excluding hydrogens is 252 g/mol. The standard InChI is InChI=1S/C16H22N2S/c1-13-8-10-19-16(13)12-18-11-15-6-4-3-5-14(15)7-9-17-2/h3-6,8,10,17-18H,7,9,11-12H2,1-2H3. The third-order valence-corrected chi connectivity index (χ3v) is 4.35. The molecule has 0 amide bonds. The van der Waals surface area contributed by atoms with Crippen LogP contribution in [0, 0.1) is 6.92 Å². The van der Waals surface area contributed by atoms with Gasteiger partial charge in [0.15, 0.2) is 0 Å². The number of hydrogen-bond donors (Lipinski definition) is 2. The lowest BCUT2D eigenvalue weighted by Crippen LogP contribution is -2.16. The van der Waals surface area contributed by atoms with Gasteiger partial charge in [-0.3, -0.25) is 0 Å². The van der Waals surface area contributed by atoms with Gasteiger partial charge in [0.25, 0.3) is 0 Å². The highest BCUT2D eigenvalue weighted by Gasteiger charge is 2.02. The molecule has 0 saturated carbocycles. The summed E-state index contributed by atoms with van der Waals surface area (Å²) in [7, 11) is 2.00. The highest BCUT2D eigenvalue weighted by Crippen LogP contribution is 2.15. The van der Waals surface area contributed by atoms with Gasteiger partial charge < -0.3 is 10.6 Å². The lowest BCUT2D eigenvalue weighted by Gasteiger charge is -2.10. The first-order chi connectivity index (χ1) is 9.31. The zero-order valence-corrected chi connectivity index (χ0v) is 12.5. The minimum atomic E-state index is 0.942. The van der Waals surface area contributed by atoms with Crippen molar-refractivity contribution in [3.63, 3.8) is 0 Å². The summed E-state index contributed by atoms with van der Waals surface area (Å²) in [4.78, 5) is 1.44. The summed E-state index contributed by atoms with van der Waals surface area (Å²) in [6, 6.07) is 10.9. The van der Waals surface area contributed by atoms with E-state index in [1.807, 2.05) is 18.4 Å². The molecule has 1 aromatic carbocycles. The molecule has 1 aromatic heterocycles. The van der Waals surface area contributed by atoms with E-state index in [4.69, 9.17) is 0 Å². The molecule has 0 spiro atoms. The minimum Gasteiger partial charge on any atom is -0.319 e. The van der Waals surface area contributed by atoms with E-state index in [2.05, 4.69) is 53.3 Å². The fourth-order valence-electron chi connectivity index (χ4n) is 2.13. The molecule has 0 aliphatic heterocycles. The Morgan fingerprint density at radius 1 is 1.05 bits per heavy atom. The molecule has 0 bridgehead atoms. The van der Waals surface area contributed by atoms with Crippen molar-refractivity contribution in [2.75, 3.05) is 13.6 Å². The summed E-state index contributed by atoms with van der Waals surface area (Å²) < 4.78 is 0. The summed E-state index contributed by atoms with van der Waals surface area (Å²) in [5.41, 5.74) is 4.24. The summed E-state index contributed by atoms with van der Waals surface area (Å²) in [6.45, 7) is 5.11. The molecule has 0 unspecified atom stereocenters. The van der Waals surface area contributed by atoms with E-state index >= 15 is 0 Å². The SMILES string of the molecule is CNCCc1ccccc1CNCc1sccc1C. The van der Waals surface area contributed by atoms with E-state index in [1.54, 1.807) is 0 Å². The third-order valence-electron chi connectivity index (χ3n) is 3.33. The van der Waals surface area contributed by atoms with Crippen molar-refractivity contribution < 1.29 is 0 Å². The molecule has 2 aromatic rings. The first-order valence-corrected chi connectivity index (χ1v) is 7.64. The predicted octanol–water partition coefficient (Wildman–Crippen LogP) is 3.11. The Balaban J connectivity index is 1.90. The second-order valence-corrected chi connectivity index (χ2v) is 5.75. The smallest absolute Gasteiger partial charge is 0.0305 e. The topological polar surface area (TPSA) is 24.1 Å². The van der Waals surface area contributed by atoms with E-state index < -0.39 is 0 Å². The monoisotopic (exact) mass is 274 g/mol. The van der Waals surface area contributed by atoms with Gasteiger partial charge in [0.05, 0.1) is 0 Å². The Bertz CT molecular complexity index is 505. The van der Waals surface area contributed by atoms with E-state index in [0.29, 0.717) is 0 Å². The van der Waals surface area contributed by atoms with Crippen molar-refractivity contribution in [3.05, 3.63) is 57.3 Å². The van der Waals surface area contributed by atoms with Crippen molar-refractivity contribution >= 4 is 11.3 Å². The largest absolute Gasteiger partial charge is 0.319 e. The number of likely N-dealkylation sites (N-methyl/N-ethyl adjacent to an activating group) is 1.